The van der Waals surface area contributed by atoms with Crippen molar-refractivity contribution in [1.29, 1.82) is 10.5 Å². The number of anilines is 2. The fourth-order valence-corrected chi connectivity index (χ4v) is 5.12. The molecular formula is C18H14I2N6S2. The van der Waals surface area contributed by atoms with E-state index in [1.165, 1.54) is 0 Å². The summed E-state index contributed by atoms with van der Waals surface area (Å²) in [6.45, 7) is 0. The molecule has 0 radical (unpaired) electrons. The molecule has 0 unspecified atom stereocenters. The van der Waals surface area contributed by atoms with Crippen molar-refractivity contribution in [1.82, 2.24) is 0 Å². The normalized spacial score (nSPS) is 12.4. The van der Waals surface area contributed by atoms with Gasteiger partial charge in [0.2, 0.25) is 0 Å². The number of hydrogen-bond donors (Lipinski definition) is 4. The molecule has 0 aliphatic rings. The Bertz CT molecular complexity index is 981. The van der Waals surface area contributed by atoms with Gasteiger partial charge in [-0.15, -0.1) is 0 Å². The Morgan fingerprint density at radius 1 is 0.750 bits per heavy atom. The van der Waals surface area contributed by atoms with Gasteiger partial charge in [0.15, 0.2) is 0 Å². The summed E-state index contributed by atoms with van der Waals surface area (Å²) in [7, 11) is 0. The van der Waals surface area contributed by atoms with Crippen LogP contribution >= 0.6 is 68.7 Å². The molecule has 0 aliphatic heterocycles. The third-order valence-electron chi connectivity index (χ3n) is 3.36. The van der Waals surface area contributed by atoms with Crippen LogP contribution in [0.3, 0.4) is 0 Å². The second-order valence-electron chi connectivity index (χ2n) is 5.27. The molecule has 0 aliphatic carbocycles. The van der Waals surface area contributed by atoms with Crippen LogP contribution < -0.4 is 22.9 Å². The van der Waals surface area contributed by atoms with Crippen LogP contribution in [0.2, 0.25) is 0 Å². The van der Waals surface area contributed by atoms with Gasteiger partial charge in [-0.3, -0.25) is 0 Å². The minimum absolute atomic E-state index is 0.0000364. The molecule has 0 spiro atoms. The van der Waals surface area contributed by atoms with Crippen molar-refractivity contribution in [2.45, 2.75) is 9.79 Å². The highest BCUT2D eigenvalue weighted by Crippen LogP contribution is 2.36. The van der Waals surface area contributed by atoms with Crippen molar-refractivity contribution >= 4 is 80.1 Å². The minimum Gasteiger partial charge on any atom is -0.398 e. The second kappa shape index (κ2) is 10.2. The molecule has 10 heteroatoms. The van der Waals surface area contributed by atoms with Crippen molar-refractivity contribution in [3.05, 3.63) is 64.7 Å². The number of rotatable bonds is 5. The van der Waals surface area contributed by atoms with Crippen molar-refractivity contribution in [2.24, 2.45) is 11.5 Å². The summed E-state index contributed by atoms with van der Waals surface area (Å²) in [6, 6.07) is 14.9. The Morgan fingerprint density at radius 3 is 1.43 bits per heavy atom. The Hall–Kier alpha value is -1.74. The van der Waals surface area contributed by atoms with Gasteiger partial charge in [-0.25, -0.2) is 0 Å². The number of thioether (sulfide) groups is 2. The highest BCUT2D eigenvalue weighted by Gasteiger charge is 2.17. The summed E-state index contributed by atoms with van der Waals surface area (Å²) in [5.41, 5.74) is 25.3. The molecule has 0 saturated carbocycles. The van der Waals surface area contributed by atoms with Crippen molar-refractivity contribution in [3.63, 3.8) is 0 Å². The van der Waals surface area contributed by atoms with Crippen molar-refractivity contribution < 1.29 is 0 Å². The second-order valence-corrected chi connectivity index (χ2v) is 9.93. The fourth-order valence-electron chi connectivity index (χ4n) is 2.00. The van der Waals surface area contributed by atoms with Gasteiger partial charge in [0, 0.05) is 28.3 Å². The third-order valence-corrected chi connectivity index (χ3v) is 6.69. The Balaban J connectivity index is 2.45. The molecule has 0 fully saturated rings. The van der Waals surface area contributed by atoms with E-state index in [4.69, 9.17) is 22.9 Å². The van der Waals surface area contributed by atoms with Crippen LogP contribution in [0.1, 0.15) is 0 Å². The molecule has 28 heavy (non-hydrogen) atoms. The van der Waals surface area contributed by atoms with Crippen LogP contribution in [0, 0.1) is 29.8 Å². The molecule has 2 aromatic rings. The van der Waals surface area contributed by atoms with Gasteiger partial charge in [0.1, 0.15) is 23.3 Å². The predicted octanol–water partition coefficient (Wildman–Crippen LogP) is 4.33. The highest BCUT2D eigenvalue weighted by molar-refractivity contribution is 14.1. The van der Waals surface area contributed by atoms with Crippen molar-refractivity contribution in [2.75, 3.05) is 11.5 Å². The van der Waals surface area contributed by atoms with Gasteiger partial charge in [-0.05, 0) is 81.6 Å². The van der Waals surface area contributed by atoms with E-state index in [0.717, 1.165) is 30.7 Å². The molecule has 0 aromatic heterocycles. The van der Waals surface area contributed by atoms with Crippen LogP contribution in [0.15, 0.2) is 67.4 Å². The molecular weight excluding hydrogens is 618 g/mol. The number of halogens is 2. The summed E-state index contributed by atoms with van der Waals surface area (Å²) in [6.07, 6.45) is 0. The number of nitrogens with zero attached hydrogens (tertiary/aromatic N) is 2. The van der Waals surface area contributed by atoms with E-state index in [1.54, 1.807) is 12.1 Å². The lowest BCUT2D eigenvalue weighted by Crippen LogP contribution is -2.06. The third kappa shape index (κ3) is 5.64. The zero-order valence-electron chi connectivity index (χ0n) is 14.2. The molecule has 0 bridgehead atoms. The predicted molar refractivity (Wildman–Crippen MR) is 133 cm³/mol. The van der Waals surface area contributed by atoms with E-state index in [1.807, 2.05) is 36.4 Å². The number of benzene rings is 2. The maximum Gasteiger partial charge on any atom is 0.103 e. The Morgan fingerprint density at radius 2 is 1.11 bits per heavy atom. The molecule has 6 nitrogen and oxygen atoms in total. The van der Waals surface area contributed by atoms with Crippen LogP contribution in [0.4, 0.5) is 11.4 Å². The van der Waals surface area contributed by atoms with Crippen LogP contribution in [0.25, 0.3) is 0 Å². The van der Waals surface area contributed by atoms with Gasteiger partial charge in [0.05, 0.1) is 10.1 Å². The van der Waals surface area contributed by atoms with E-state index in [2.05, 4.69) is 45.2 Å². The monoisotopic (exact) mass is 632 g/mol. The molecule has 0 heterocycles. The highest BCUT2D eigenvalue weighted by atomic mass is 127. The average Bonchev–Trinajstić information content (AvgIpc) is 2.65. The molecule has 0 saturated heterocycles. The topological polar surface area (TPSA) is 152 Å². The molecule has 2 rings (SSSR count). The smallest absolute Gasteiger partial charge is 0.103 e. The summed E-state index contributed by atoms with van der Waals surface area (Å²) in [4.78, 5) is 1.39. The number of nitriles is 2. The lowest BCUT2D eigenvalue weighted by Gasteiger charge is -2.10. The van der Waals surface area contributed by atoms with Crippen LogP contribution in [-0.4, -0.2) is 0 Å². The molecule has 0 amide bonds. The van der Waals surface area contributed by atoms with Crippen LogP contribution in [-0.2, 0) is 0 Å². The lowest BCUT2D eigenvalue weighted by atomic mass is 10.1. The first-order valence-corrected chi connectivity index (χ1v) is 11.3. The first kappa shape index (κ1) is 22.5. The molecule has 2 aromatic carbocycles. The first-order chi connectivity index (χ1) is 13.3. The van der Waals surface area contributed by atoms with Gasteiger partial charge >= 0.3 is 0 Å². The number of hydrogen-bond acceptors (Lipinski definition) is 8. The zero-order chi connectivity index (χ0) is 20.8. The molecule has 0 atom stereocenters. The number of nitrogens with two attached hydrogens (primary N) is 4. The fraction of sp³-hybridized carbons (Fsp3) is 0. The maximum atomic E-state index is 9.60. The summed E-state index contributed by atoms with van der Waals surface area (Å²) >= 11 is 6.55. The standard InChI is InChI=1S/C18H14I2N6S2/c19-9-1-3-13(23)15(5-9)27-17(25)11(7-21)12(8-22)18(26)28-16-6-10(20)2-4-14(16)24/h1-6H,23-26H2/b17-11+,18-12+. The van der Waals surface area contributed by atoms with Gasteiger partial charge in [-0.1, -0.05) is 23.5 Å². The average molecular weight is 632 g/mol. The largest absolute Gasteiger partial charge is 0.398 e. The van der Waals surface area contributed by atoms with Crippen molar-refractivity contribution in [3.8, 4) is 12.1 Å². The van der Waals surface area contributed by atoms with Gasteiger partial charge in [-0.2, -0.15) is 10.5 Å². The molecule has 8 N–H and O–H groups in total. The summed E-state index contributed by atoms with van der Waals surface area (Å²) in [5.74, 6) is 0. The summed E-state index contributed by atoms with van der Waals surface area (Å²) < 4.78 is 1.95. The van der Waals surface area contributed by atoms with E-state index in [-0.39, 0.29) is 21.2 Å². The SMILES string of the molecule is N#CC(=C(/N)Sc1cc(I)ccc1N)/C(C#N)=C(\N)Sc1cc(I)ccc1N. The van der Waals surface area contributed by atoms with Gasteiger partial charge < -0.3 is 22.9 Å². The number of allylic oxidation sites excluding steroid dienone is 2. The maximum absolute atomic E-state index is 9.60. The minimum atomic E-state index is -0.0000364. The molecule has 142 valence electrons. The Labute approximate surface area is 198 Å². The Kier molecular flexibility index (Phi) is 8.18. The van der Waals surface area contributed by atoms with E-state index < -0.39 is 0 Å². The van der Waals surface area contributed by atoms with E-state index in [0.29, 0.717) is 21.2 Å². The van der Waals surface area contributed by atoms with Gasteiger partial charge in [0.25, 0.3) is 0 Å². The lowest BCUT2D eigenvalue weighted by molar-refractivity contribution is 1.34. The summed E-state index contributed by atoms with van der Waals surface area (Å²) in [5, 5.41) is 19.5. The van der Waals surface area contributed by atoms with E-state index in [9.17, 15) is 10.5 Å². The first-order valence-electron chi connectivity index (χ1n) is 7.52. The number of nitrogen functional groups attached to an aromatic ring is 2. The van der Waals surface area contributed by atoms with E-state index >= 15 is 0 Å². The van der Waals surface area contributed by atoms with Crippen LogP contribution in [0.5, 0.6) is 0 Å². The zero-order valence-corrected chi connectivity index (χ0v) is 20.2. The quantitative estimate of drug-likeness (QED) is 0.125.